The van der Waals surface area contributed by atoms with E-state index in [0.717, 1.165) is 0 Å². The predicted octanol–water partition coefficient (Wildman–Crippen LogP) is 2.58. The third-order valence-corrected chi connectivity index (χ3v) is 5.85. The maximum absolute atomic E-state index is 13.6. The van der Waals surface area contributed by atoms with Gasteiger partial charge >= 0.3 is 11.9 Å². The number of methoxy groups -OCH3 is 1. The fraction of sp³-hybridized carbons (Fsp3) is 0.458. The molecular formula is C24H29NO7. The Morgan fingerprint density at radius 2 is 1.88 bits per heavy atom. The fourth-order valence-electron chi connectivity index (χ4n) is 4.37. The van der Waals surface area contributed by atoms with Crippen molar-refractivity contribution in [1.82, 2.24) is 5.32 Å². The standard InChI is InChI=1S/C24H29NO7/c1-5-31-10-11-32-24(29)19-14(3)25-17-12-13(2)18(23(28)30-4)22(27)21(17)20(19)15-6-8-16(26)9-7-15/h6-9,13,18,20,25-26H,5,10-12H2,1-4H3/t13-,18+,20-/m1/s1. The lowest BCUT2D eigenvalue weighted by Crippen LogP contribution is -2.43. The van der Waals surface area contributed by atoms with Gasteiger partial charge in [0.2, 0.25) is 0 Å². The van der Waals surface area contributed by atoms with Crippen LogP contribution in [0, 0.1) is 11.8 Å². The molecule has 0 fully saturated rings. The molecule has 1 aromatic rings. The molecule has 0 unspecified atom stereocenters. The first-order chi connectivity index (χ1) is 15.3. The molecule has 3 rings (SSSR count). The molecule has 0 spiro atoms. The summed E-state index contributed by atoms with van der Waals surface area (Å²) < 4.78 is 15.5. The zero-order valence-electron chi connectivity index (χ0n) is 18.8. The SMILES string of the molecule is CCOCCOC(=O)C1=C(C)NC2=C(C(=O)[C@@H](C(=O)OC)[C@H](C)C2)[C@@H]1c1ccc(O)cc1. The first kappa shape index (κ1) is 23.5. The van der Waals surface area contributed by atoms with E-state index in [4.69, 9.17) is 14.2 Å². The molecule has 1 aromatic carbocycles. The van der Waals surface area contributed by atoms with Crippen LogP contribution in [-0.2, 0) is 28.6 Å². The highest BCUT2D eigenvalue weighted by Crippen LogP contribution is 2.45. The number of phenols is 1. The normalized spacial score (nSPS) is 22.9. The summed E-state index contributed by atoms with van der Waals surface area (Å²) in [6.45, 7) is 6.29. The second-order valence-electron chi connectivity index (χ2n) is 7.96. The smallest absolute Gasteiger partial charge is 0.336 e. The number of phenolic OH excluding ortho intramolecular Hbond substituents is 1. The summed E-state index contributed by atoms with van der Waals surface area (Å²) in [4.78, 5) is 39.0. The number of aromatic hydroxyl groups is 1. The molecule has 2 aliphatic rings. The molecular weight excluding hydrogens is 414 g/mol. The van der Waals surface area contributed by atoms with Gasteiger partial charge in [0.15, 0.2) is 5.78 Å². The molecule has 0 saturated heterocycles. The lowest BCUT2D eigenvalue weighted by molar-refractivity contribution is -0.151. The van der Waals surface area contributed by atoms with E-state index in [-0.39, 0.29) is 36.2 Å². The Kier molecular flexibility index (Phi) is 7.35. The topological polar surface area (TPSA) is 111 Å². The van der Waals surface area contributed by atoms with E-state index in [2.05, 4.69) is 5.32 Å². The number of carbonyl (C=O) groups excluding carboxylic acids is 3. The van der Waals surface area contributed by atoms with Crippen LogP contribution in [-0.4, -0.2) is 49.8 Å². The van der Waals surface area contributed by atoms with Crippen LogP contribution in [0.5, 0.6) is 5.75 Å². The summed E-state index contributed by atoms with van der Waals surface area (Å²) in [5.41, 5.74) is 2.55. The van der Waals surface area contributed by atoms with Crippen LogP contribution in [0.1, 0.15) is 38.7 Å². The number of carbonyl (C=O) groups is 3. The Balaban J connectivity index is 2.06. The van der Waals surface area contributed by atoms with Gasteiger partial charge in [0.05, 0.1) is 19.3 Å². The predicted molar refractivity (Wildman–Crippen MR) is 115 cm³/mol. The Bertz CT molecular complexity index is 961. The van der Waals surface area contributed by atoms with Crippen LogP contribution >= 0.6 is 0 Å². The zero-order chi connectivity index (χ0) is 23.4. The van der Waals surface area contributed by atoms with E-state index >= 15 is 0 Å². The van der Waals surface area contributed by atoms with Gasteiger partial charge in [-0.15, -0.1) is 0 Å². The first-order valence-corrected chi connectivity index (χ1v) is 10.7. The Morgan fingerprint density at radius 3 is 2.50 bits per heavy atom. The minimum Gasteiger partial charge on any atom is -0.508 e. The number of hydrogen-bond donors (Lipinski definition) is 2. The summed E-state index contributed by atoms with van der Waals surface area (Å²) in [6.07, 6.45) is 0.458. The largest absolute Gasteiger partial charge is 0.508 e. The van der Waals surface area contributed by atoms with Gasteiger partial charge < -0.3 is 24.6 Å². The van der Waals surface area contributed by atoms with Crippen molar-refractivity contribution >= 4 is 17.7 Å². The number of esters is 2. The van der Waals surface area contributed by atoms with Gasteiger partial charge in [-0.25, -0.2) is 4.79 Å². The Hall–Kier alpha value is -3.13. The third kappa shape index (κ3) is 4.55. The average Bonchev–Trinajstić information content (AvgIpc) is 2.76. The molecule has 0 saturated carbocycles. The third-order valence-electron chi connectivity index (χ3n) is 5.85. The van der Waals surface area contributed by atoms with E-state index in [1.54, 1.807) is 19.1 Å². The summed E-state index contributed by atoms with van der Waals surface area (Å²) >= 11 is 0. The zero-order valence-corrected chi connectivity index (χ0v) is 18.8. The maximum Gasteiger partial charge on any atom is 0.336 e. The van der Waals surface area contributed by atoms with Gasteiger partial charge in [-0.05, 0) is 43.9 Å². The van der Waals surface area contributed by atoms with Crippen molar-refractivity contribution in [3.8, 4) is 5.75 Å². The molecule has 172 valence electrons. The molecule has 0 aromatic heterocycles. The highest BCUT2D eigenvalue weighted by Gasteiger charge is 2.47. The van der Waals surface area contributed by atoms with Crippen molar-refractivity contribution in [2.75, 3.05) is 26.9 Å². The number of ether oxygens (including phenoxy) is 3. The highest BCUT2D eigenvalue weighted by molar-refractivity contribution is 6.12. The lowest BCUT2D eigenvalue weighted by atomic mass is 9.69. The van der Waals surface area contributed by atoms with Crippen LogP contribution < -0.4 is 5.32 Å². The van der Waals surface area contributed by atoms with E-state index in [0.29, 0.717) is 35.6 Å². The number of dihydropyridines is 1. The van der Waals surface area contributed by atoms with Gasteiger partial charge in [-0.1, -0.05) is 19.1 Å². The molecule has 0 radical (unpaired) electrons. The molecule has 1 aliphatic heterocycles. The molecule has 1 heterocycles. The van der Waals surface area contributed by atoms with E-state index in [1.165, 1.54) is 19.2 Å². The number of allylic oxidation sites excluding steroid dienone is 3. The second kappa shape index (κ2) is 9.99. The number of ketones is 1. The first-order valence-electron chi connectivity index (χ1n) is 10.7. The number of Topliss-reactive ketones (excluding diaryl/α,β-unsaturated/α-hetero) is 1. The van der Waals surface area contributed by atoms with Gasteiger partial charge in [0.25, 0.3) is 0 Å². The van der Waals surface area contributed by atoms with E-state index < -0.39 is 23.8 Å². The molecule has 32 heavy (non-hydrogen) atoms. The van der Waals surface area contributed by atoms with E-state index in [1.807, 2.05) is 13.8 Å². The monoisotopic (exact) mass is 443 g/mol. The van der Waals surface area contributed by atoms with Crippen LogP contribution in [0.25, 0.3) is 0 Å². The Labute approximate surface area is 187 Å². The summed E-state index contributed by atoms with van der Waals surface area (Å²) in [5.74, 6) is -3.41. The van der Waals surface area contributed by atoms with Crippen molar-refractivity contribution in [2.24, 2.45) is 11.8 Å². The number of hydrogen-bond acceptors (Lipinski definition) is 8. The molecule has 8 heteroatoms. The molecule has 0 amide bonds. The van der Waals surface area contributed by atoms with E-state index in [9.17, 15) is 19.5 Å². The van der Waals surface area contributed by atoms with Gasteiger partial charge in [0, 0.05) is 29.5 Å². The minimum atomic E-state index is -0.950. The summed E-state index contributed by atoms with van der Waals surface area (Å²) in [6, 6.07) is 6.32. The van der Waals surface area contributed by atoms with Crippen molar-refractivity contribution in [1.29, 1.82) is 0 Å². The molecule has 0 bridgehead atoms. The van der Waals surface area contributed by atoms with Crippen LogP contribution in [0.3, 0.4) is 0 Å². The van der Waals surface area contributed by atoms with Gasteiger partial charge in [0.1, 0.15) is 18.3 Å². The number of benzene rings is 1. The van der Waals surface area contributed by atoms with Crippen molar-refractivity contribution in [3.63, 3.8) is 0 Å². The van der Waals surface area contributed by atoms with Crippen LogP contribution in [0.4, 0.5) is 0 Å². The number of rotatable bonds is 7. The fourth-order valence-corrected chi connectivity index (χ4v) is 4.37. The summed E-state index contributed by atoms with van der Waals surface area (Å²) in [5, 5.41) is 12.9. The van der Waals surface area contributed by atoms with Crippen molar-refractivity contribution < 1.29 is 33.7 Å². The second-order valence-corrected chi connectivity index (χ2v) is 7.96. The van der Waals surface area contributed by atoms with Crippen molar-refractivity contribution in [3.05, 3.63) is 52.4 Å². The molecule has 1 aliphatic carbocycles. The van der Waals surface area contributed by atoms with Crippen molar-refractivity contribution in [2.45, 2.75) is 33.1 Å². The van der Waals surface area contributed by atoms with Gasteiger partial charge in [-0.3, -0.25) is 9.59 Å². The van der Waals surface area contributed by atoms with Crippen LogP contribution in [0.2, 0.25) is 0 Å². The minimum absolute atomic E-state index is 0.0643. The van der Waals surface area contributed by atoms with Gasteiger partial charge in [-0.2, -0.15) is 0 Å². The lowest BCUT2D eigenvalue weighted by Gasteiger charge is -2.38. The summed E-state index contributed by atoms with van der Waals surface area (Å²) in [7, 11) is 1.26. The number of nitrogens with one attached hydrogen (secondary N) is 1. The maximum atomic E-state index is 13.6. The molecule has 3 atom stereocenters. The Morgan fingerprint density at radius 1 is 1.19 bits per heavy atom. The van der Waals surface area contributed by atoms with Crippen LogP contribution in [0.15, 0.2) is 46.8 Å². The average molecular weight is 443 g/mol. The quantitative estimate of drug-likeness (QED) is 0.376. The molecule has 2 N–H and O–H groups in total. The molecule has 8 nitrogen and oxygen atoms in total. The highest BCUT2D eigenvalue weighted by atomic mass is 16.6.